The van der Waals surface area contributed by atoms with Gasteiger partial charge in [0.1, 0.15) is 6.61 Å². The molecule has 0 aromatic heterocycles. The maximum Gasteiger partial charge on any atom is 0.246 e. The molecule has 14 heavy (non-hydrogen) atoms. The SMILES string of the molecule is COCC(=O)NCCN1CCNCC1. The predicted octanol–water partition coefficient (Wildman–Crippen LogP) is -1.35. The number of hydrogen-bond acceptors (Lipinski definition) is 4. The van der Waals surface area contributed by atoms with Gasteiger partial charge in [-0.1, -0.05) is 0 Å². The van der Waals surface area contributed by atoms with Gasteiger partial charge in [-0.05, 0) is 0 Å². The Hall–Kier alpha value is -0.650. The van der Waals surface area contributed by atoms with E-state index in [1.54, 1.807) is 0 Å². The van der Waals surface area contributed by atoms with E-state index < -0.39 is 0 Å². The molecule has 1 rings (SSSR count). The Morgan fingerprint density at radius 3 is 2.86 bits per heavy atom. The van der Waals surface area contributed by atoms with Crippen LogP contribution in [-0.2, 0) is 9.53 Å². The molecule has 5 nitrogen and oxygen atoms in total. The average Bonchev–Trinajstić information content (AvgIpc) is 2.20. The molecule has 0 aliphatic carbocycles. The molecule has 0 aromatic carbocycles. The van der Waals surface area contributed by atoms with Crippen molar-refractivity contribution in [3.63, 3.8) is 0 Å². The normalized spacial score (nSPS) is 18.1. The number of nitrogens with one attached hydrogen (secondary N) is 2. The topological polar surface area (TPSA) is 53.6 Å². The summed E-state index contributed by atoms with van der Waals surface area (Å²) in [7, 11) is 1.52. The summed E-state index contributed by atoms with van der Waals surface area (Å²) in [5, 5.41) is 6.09. The molecular formula is C9H19N3O2. The Morgan fingerprint density at radius 2 is 2.21 bits per heavy atom. The lowest BCUT2D eigenvalue weighted by molar-refractivity contribution is -0.124. The molecule has 0 radical (unpaired) electrons. The minimum absolute atomic E-state index is 0.0392. The highest BCUT2D eigenvalue weighted by Gasteiger charge is 2.08. The summed E-state index contributed by atoms with van der Waals surface area (Å²) in [4.78, 5) is 13.4. The second kappa shape index (κ2) is 6.75. The molecule has 0 saturated carbocycles. The number of methoxy groups -OCH3 is 1. The van der Waals surface area contributed by atoms with Crippen LogP contribution in [0.2, 0.25) is 0 Å². The average molecular weight is 201 g/mol. The highest BCUT2D eigenvalue weighted by Crippen LogP contribution is 1.89. The van der Waals surface area contributed by atoms with Crippen LogP contribution in [0.15, 0.2) is 0 Å². The van der Waals surface area contributed by atoms with E-state index in [0.717, 1.165) is 32.7 Å². The van der Waals surface area contributed by atoms with Crippen molar-refractivity contribution in [3.8, 4) is 0 Å². The molecule has 0 spiro atoms. The third-order valence-corrected chi connectivity index (χ3v) is 2.24. The second-order valence-electron chi connectivity index (χ2n) is 3.37. The highest BCUT2D eigenvalue weighted by atomic mass is 16.5. The summed E-state index contributed by atoms with van der Waals surface area (Å²) in [6, 6.07) is 0. The molecule has 82 valence electrons. The van der Waals surface area contributed by atoms with Crippen molar-refractivity contribution in [3.05, 3.63) is 0 Å². The van der Waals surface area contributed by atoms with E-state index >= 15 is 0 Å². The first kappa shape index (κ1) is 11.4. The molecule has 0 atom stereocenters. The number of carbonyl (C=O) groups excluding carboxylic acids is 1. The van der Waals surface area contributed by atoms with Crippen molar-refractivity contribution in [2.24, 2.45) is 0 Å². The molecule has 5 heteroatoms. The van der Waals surface area contributed by atoms with Gasteiger partial charge in [0.2, 0.25) is 5.91 Å². The van der Waals surface area contributed by atoms with Crippen molar-refractivity contribution < 1.29 is 9.53 Å². The van der Waals surface area contributed by atoms with E-state index in [4.69, 9.17) is 4.74 Å². The number of hydrogen-bond donors (Lipinski definition) is 2. The van der Waals surface area contributed by atoms with Crippen LogP contribution in [0.25, 0.3) is 0 Å². The fourth-order valence-corrected chi connectivity index (χ4v) is 1.47. The largest absolute Gasteiger partial charge is 0.375 e. The van der Waals surface area contributed by atoms with Crippen molar-refractivity contribution in [2.45, 2.75) is 0 Å². The van der Waals surface area contributed by atoms with Crippen LogP contribution in [0.5, 0.6) is 0 Å². The van der Waals surface area contributed by atoms with Gasteiger partial charge in [0.15, 0.2) is 0 Å². The molecule has 1 aliphatic heterocycles. The lowest BCUT2D eigenvalue weighted by Crippen LogP contribution is -2.46. The Kier molecular flexibility index (Phi) is 5.51. The molecule has 2 N–H and O–H groups in total. The van der Waals surface area contributed by atoms with E-state index in [2.05, 4.69) is 15.5 Å². The van der Waals surface area contributed by atoms with E-state index in [9.17, 15) is 4.79 Å². The number of nitrogens with zero attached hydrogens (tertiary/aromatic N) is 1. The van der Waals surface area contributed by atoms with E-state index in [1.807, 2.05) is 0 Å². The number of ether oxygens (including phenoxy) is 1. The monoisotopic (exact) mass is 201 g/mol. The standard InChI is InChI=1S/C9H19N3O2/c1-14-8-9(13)11-4-7-12-5-2-10-3-6-12/h10H,2-8H2,1H3,(H,11,13). The van der Waals surface area contributed by atoms with Crippen LogP contribution in [0.1, 0.15) is 0 Å². The quantitative estimate of drug-likeness (QED) is 0.578. The van der Waals surface area contributed by atoms with Crippen molar-refractivity contribution >= 4 is 5.91 Å². The lowest BCUT2D eigenvalue weighted by atomic mass is 10.3. The van der Waals surface area contributed by atoms with Crippen molar-refractivity contribution in [2.75, 3.05) is 53.0 Å². The molecular weight excluding hydrogens is 182 g/mol. The Labute approximate surface area is 84.8 Å². The summed E-state index contributed by atoms with van der Waals surface area (Å²) in [5.74, 6) is -0.0392. The van der Waals surface area contributed by atoms with Crippen LogP contribution in [0.4, 0.5) is 0 Å². The molecule has 0 unspecified atom stereocenters. The van der Waals surface area contributed by atoms with E-state index in [0.29, 0.717) is 6.54 Å². The Balaban J connectivity index is 1.99. The maximum absolute atomic E-state index is 11.0. The number of carbonyl (C=O) groups is 1. The fraction of sp³-hybridized carbons (Fsp3) is 0.889. The Morgan fingerprint density at radius 1 is 1.50 bits per heavy atom. The van der Waals surface area contributed by atoms with Crippen molar-refractivity contribution in [1.82, 2.24) is 15.5 Å². The van der Waals surface area contributed by atoms with E-state index in [1.165, 1.54) is 7.11 Å². The summed E-state index contributed by atoms with van der Waals surface area (Å²) < 4.78 is 4.71. The lowest BCUT2D eigenvalue weighted by Gasteiger charge is -2.27. The van der Waals surface area contributed by atoms with Crippen LogP contribution >= 0.6 is 0 Å². The van der Waals surface area contributed by atoms with Gasteiger partial charge in [-0.2, -0.15) is 0 Å². The third-order valence-electron chi connectivity index (χ3n) is 2.24. The third kappa shape index (κ3) is 4.55. The van der Waals surface area contributed by atoms with Crippen LogP contribution < -0.4 is 10.6 Å². The highest BCUT2D eigenvalue weighted by molar-refractivity contribution is 5.77. The minimum Gasteiger partial charge on any atom is -0.375 e. The van der Waals surface area contributed by atoms with Gasteiger partial charge < -0.3 is 15.4 Å². The fourth-order valence-electron chi connectivity index (χ4n) is 1.47. The van der Waals surface area contributed by atoms with E-state index in [-0.39, 0.29) is 12.5 Å². The molecule has 1 aliphatic rings. The molecule has 1 saturated heterocycles. The number of rotatable bonds is 5. The zero-order chi connectivity index (χ0) is 10.2. The molecule has 1 fully saturated rings. The zero-order valence-electron chi connectivity index (χ0n) is 8.71. The molecule has 1 heterocycles. The zero-order valence-corrected chi connectivity index (χ0v) is 8.71. The molecule has 1 amide bonds. The van der Waals surface area contributed by atoms with Crippen LogP contribution in [0.3, 0.4) is 0 Å². The van der Waals surface area contributed by atoms with Gasteiger partial charge in [-0.3, -0.25) is 9.69 Å². The first-order chi connectivity index (χ1) is 6.83. The summed E-state index contributed by atoms with van der Waals surface area (Å²) in [6.07, 6.45) is 0. The molecule has 0 aromatic rings. The molecule has 0 bridgehead atoms. The first-order valence-corrected chi connectivity index (χ1v) is 5.01. The first-order valence-electron chi connectivity index (χ1n) is 5.01. The smallest absolute Gasteiger partial charge is 0.246 e. The van der Waals surface area contributed by atoms with Crippen molar-refractivity contribution in [1.29, 1.82) is 0 Å². The number of amides is 1. The van der Waals surface area contributed by atoms with Gasteiger partial charge in [-0.25, -0.2) is 0 Å². The van der Waals surface area contributed by atoms with Gasteiger partial charge in [-0.15, -0.1) is 0 Å². The maximum atomic E-state index is 11.0. The summed E-state index contributed by atoms with van der Waals surface area (Å²) in [6.45, 7) is 6.03. The minimum atomic E-state index is -0.0392. The van der Waals surface area contributed by atoms with Crippen LogP contribution in [0, 0.1) is 0 Å². The Bertz CT molecular complexity index is 169. The van der Waals surface area contributed by atoms with Gasteiger partial charge >= 0.3 is 0 Å². The predicted molar refractivity (Wildman–Crippen MR) is 54.2 cm³/mol. The van der Waals surface area contributed by atoms with Gasteiger partial charge in [0.25, 0.3) is 0 Å². The summed E-state index contributed by atoms with van der Waals surface area (Å²) in [5.41, 5.74) is 0. The number of piperazine rings is 1. The van der Waals surface area contributed by atoms with Gasteiger partial charge in [0.05, 0.1) is 0 Å². The summed E-state index contributed by atoms with van der Waals surface area (Å²) >= 11 is 0. The van der Waals surface area contributed by atoms with Crippen LogP contribution in [-0.4, -0.2) is 63.8 Å². The van der Waals surface area contributed by atoms with Gasteiger partial charge in [0, 0.05) is 46.4 Å². The second-order valence-corrected chi connectivity index (χ2v) is 3.37.